The SMILES string of the molecule is COc1ccc(C)cc1S(=O)(=O)C1CNC1. The minimum absolute atomic E-state index is 0.307. The predicted molar refractivity (Wildman–Crippen MR) is 61.6 cm³/mol. The molecule has 1 aliphatic rings. The van der Waals surface area contributed by atoms with E-state index < -0.39 is 9.84 Å². The van der Waals surface area contributed by atoms with Crippen LogP contribution in [-0.4, -0.2) is 33.9 Å². The summed E-state index contributed by atoms with van der Waals surface area (Å²) in [5, 5.41) is 2.65. The van der Waals surface area contributed by atoms with Gasteiger partial charge in [-0.05, 0) is 24.6 Å². The van der Waals surface area contributed by atoms with Gasteiger partial charge in [0.25, 0.3) is 0 Å². The summed E-state index contributed by atoms with van der Waals surface area (Å²) in [6, 6.07) is 5.22. The molecule has 2 rings (SSSR count). The van der Waals surface area contributed by atoms with Gasteiger partial charge in [0.15, 0.2) is 9.84 Å². The zero-order valence-electron chi connectivity index (χ0n) is 9.36. The minimum atomic E-state index is -3.25. The van der Waals surface area contributed by atoms with E-state index in [-0.39, 0.29) is 5.25 Å². The van der Waals surface area contributed by atoms with Crippen molar-refractivity contribution in [2.45, 2.75) is 17.1 Å². The van der Waals surface area contributed by atoms with Gasteiger partial charge in [0.05, 0.1) is 12.4 Å². The van der Waals surface area contributed by atoms with Gasteiger partial charge in [-0.3, -0.25) is 0 Å². The van der Waals surface area contributed by atoms with Gasteiger partial charge in [-0.15, -0.1) is 0 Å². The normalized spacial score (nSPS) is 16.9. The van der Waals surface area contributed by atoms with Gasteiger partial charge in [-0.1, -0.05) is 6.07 Å². The van der Waals surface area contributed by atoms with Crippen molar-refractivity contribution < 1.29 is 13.2 Å². The summed E-state index contributed by atoms with van der Waals surface area (Å²) < 4.78 is 29.6. The minimum Gasteiger partial charge on any atom is -0.495 e. The Balaban J connectivity index is 2.49. The molecule has 1 N–H and O–H groups in total. The Hall–Kier alpha value is -1.07. The van der Waals surface area contributed by atoms with E-state index in [4.69, 9.17) is 4.74 Å². The Morgan fingerprint density at radius 2 is 2.06 bits per heavy atom. The largest absolute Gasteiger partial charge is 0.495 e. The average Bonchev–Trinajstić information content (AvgIpc) is 2.14. The van der Waals surface area contributed by atoms with E-state index in [2.05, 4.69) is 5.32 Å². The second-order valence-corrected chi connectivity index (χ2v) is 6.18. The average molecular weight is 241 g/mol. The van der Waals surface area contributed by atoms with Crippen LogP contribution >= 0.6 is 0 Å². The fourth-order valence-corrected chi connectivity index (χ4v) is 3.48. The molecule has 1 aliphatic heterocycles. The first-order valence-corrected chi connectivity index (χ1v) is 6.69. The van der Waals surface area contributed by atoms with Crippen molar-refractivity contribution in [3.8, 4) is 5.75 Å². The number of methoxy groups -OCH3 is 1. The molecule has 0 unspecified atom stereocenters. The second-order valence-electron chi connectivity index (χ2n) is 3.98. The van der Waals surface area contributed by atoms with Crippen LogP contribution in [0.15, 0.2) is 23.1 Å². The van der Waals surface area contributed by atoms with Crippen LogP contribution in [0.1, 0.15) is 5.56 Å². The van der Waals surface area contributed by atoms with E-state index in [9.17, 15) is 8.42 Å². The molecule has 0 radical (unpaired) electrons. The van der Waals surface area contributed by atoms with Crippen LogP contribution in [-0.2, 0) is 9.84 Å². The van der Waals surface area contributed by atoms with E-state index in [1.807, 2.05) is 13.0 Å². The van der Waals surface area contributed by atoms with Crippen LogP contribution in [0.3, 0.4) is 0 Å². The maximum Gasteiger partial charge on any atom is 0.187 e. The summed E-state index contributed by atoms with van der Waals surface area (Å²) in [7, 11) is -1.77. The molecule has 1 heterocycles. The second kappa shape index (κ2) is 4.07. The van der Waals surface area contributed by atoms with Gasteiger partial charge in [-0.25, -0.2) is 8.42 Å². The fourth-order valence-electron chi connectivity index (χ4n) is 1.67. The van der Waals surface area contributed by atoms with Gasteiger partial charge in [0, 0.05) is 13.1 Å². The van der Waals surface area contributed by atoms with Crippen LogP contribution in [0, 0.1) is 6.92 Å². The molecular weight excluding hydrogens is 226 g/mol. The maximum absolute atomic E-state index is 12.2. The monoisotopic (exact) mass is 241 g/mol. The summed E-state index contributed by atoms with van der Waals surface area (Å²) in [5.41, 5.74) is 0.923. The highest BCUT2D eigenvalue weighted by Gasteiger charge is 2.34. The molecule has 4 nitrogen and oxygen atoms in total. The third kappa shape index (κ3) is 1.81. The third-order valence-corrected chi connectivity index (χ3v) is 4.95. The molecule has 0 aliphatic carbocycles. The van der Waals surface area contributed by atoms with Gasteiger partial charge >= 0.3 is 0 Å². The molecule has 1 aromatic rings. The highest BCUT2D eigenvalue weighted by molar-refractivity contribution is 7.92. The van der Waals surface area contributed by atoms with Crippen LogP contribution < -0.4 is 10.1 Å². The number of sulfone groups is 1. The Labute approximate surface area is 95.5 Å². The molecule has 16 heavy (non-hydrogen) atoms. The smallest absolute Gasteiger partial charge is 0.187 e. The van der Waals surface area contributed by atoms with Crippen molar-refractivity contribution in [2.24, 2.45) is 0 Å². The van der Waals surface area contributed by atoms with Crippen LogP contribution in [0.4, 0.5) is 0 Å². The molecule has 88 valence electrons. The van der Waals surface area contributed by atoms with Gasteiger partial charge in [0.2, 0.25) is 0 Å². The number of hydrogen-bond acceptors (Lipinski definition) is 4. The lowest BCUT2D eigenvalue weighted by molar-refractivity contribution is 0.401. The van der Waals surface area contributed by atoms with Crippen molar-refractivity contribution in [1.29, 1.82) is 0 Å². The number of ether oxygens (including phenoxy) is 1. The van der Waals surface area contributed by atoms with E-state index in [0.29, 0.717) is 23.7 Å². The van der Waals surface area contributed by atoms with Gasteiger partial charge in [0.1, 0.15) is 10.6 Å². The predicted octanol–water partition coefficient (Wildman–Crippen LogP) is 0.749. The maximum atomic E-state index is 12.2. The third-order valence-electron chi connectivity index (χ3n) is 2.81. The van der Waals surface area contributed by atoms with Crippen LogP contribution in [0.25, 0.3) is 0 Å². The summed E-state index contributed by atoms with van der Waals surface area (Å²) in [6.07, 6.45) is 0. The van der Waals surface area contributed by atoms with E-state index >= 15 is 0 Å². The van der Waals surface area contributed by atoms with Crippen LogP contribution in [0.5, 0.6) is 5.75 Å². The van der Waals surface area contributed by atoms with Crippen molar-refractivity contribution in [3.05, 3.63) is 23.8 Å². The van der Waals surface area contributed by atoms with E-state index in [0.717, 1.165) is 5.56 Å². The fraction of sp³-hybridized carbons (Fsp3) is 0.455. The van der Waals surface area contributed by atoms with Crippen LogP contribution in [0.2, 0.25) is 0 Å². The van der Waals surface area contributed by atoms with E-state index in [1.165, 1.54) is 7.11 Å². The van der Waals surface area contributed by atoms with Crippen molar-refractivity contribution in [2.75, 3.05) is 20.2 Å². The highest BCUT2D eigenvalue weighted by atomic mass is 32.2. The summed E-state index contributed by atoms with van der Waals surface area (Å²) in [5.74, 6) is 0.428. The molecule has 1 aromatic carbocycles. The molecule has 1 saturated heterocycles. The lowest BCUT2D eigenvalue weighted by atomic mass is 10.2. The first-order valence-electron chi connectivity index (χ1n) is 5.15. The van der Waals surface area contributed by atoms with Crippen molar-refractivity contribution in [1.82, 2.24) is 5.32 Å². The Morgan fingerprint density at radius 3 is 2.56 bits per heavy atom. The molecule has 0 spiro atoms. The molecule has 5 heteroatoms. The molecule has 0 atom stereocenters. The summed E-state index contributed by atoms with van der Waals surface area (Å²) >= 11 is 0. The first-order chi connectivity index (χ1) is 7.55. The summed E-state index contributed by atoms with van der Waals surface area (Å²) in [6.45, 7) is 2.93. The molecule has 0 saturated carbocycles. The zero-order chi connectivity index (χ0) is 11.8. The standard InChI is InChI=1S/C11H15NO3S/c1-8-3-4-10(15-2)11(5-8)16(13,14)9-6-12-7-9/h3-5,9,12H,6-7H2,1-2H3. The molecule has 0 amide bonds. The molecule has 0 bridgehead atoms. The molecular formula is C11H15NO3S. The Bertz CT molecular complexity index is 492. The number of benzene rings is 1. The zero-order valence-corrected chi connectivity index (χ0v) is 10.2. The number of nitrogens with one attached hydrogen (secondary N) is 1. The number of aryl methyl sites for hydroxylation is 1. The molecule has 1 fully saturated rings. The lowest BCUT2D eigenvalue weighted by Crippen LogP contribution is -2.51. The van der Waals surface area contributed by atoms with Crippen molar-refractivity contribution >= 4 is 9.84 Å². The Kier molecular flexibility index (Phi) is 2.90. The summed E-state index contributed by atoms with van der Waals surface area (Å²) in [4.78, 5) is 0.307. The lowest BCUT2D eigenvalue weighted by Gasteiger charge is -2.27. The topological polar surface area (TPSA) is 55.4 Å². The number of hydrogen-bond donors (Lipinski definition) is 1. The highest BCUT2D eigenvalue weighted by Crippen LogP contribution is 2.29. The van der Waals surface area contributed by atoms with Gasteiger partial charge in [-0.2, -0.15) is 0 Å². The quantitative estimate of drug-likeness (QED) is 0.848. The molecule has 0 aromatic heterocycles. The van der Waals surface area contributed by atoms with Gasteiger partial charge < -0.3 is 10.1 Å². The first kappa shape index (κ1) is 11.4. The number of rotatable bonds is 3. The van der Waals surface area contributed by atoms with E-state index in [1.54, 1.807) is 12.1 Å². The Morgan fingerprint density at radius 1 is 1.38 bits per heavy atom. The van der Waals surface area contributed by atoms with Crippen molar-refractivity contribution in [3.63, 3.8) is 0 Å².